The predicted octanol–water partition coefficient (Wildman–Crippen LogP) is 6.05. The van der Waals surface area contributed by atoms with Gasteiger partial charge in [-0.05, 0) is 18.2 Å². The molecule has 0 aromatic heterocycles. The van der Waals surface area contributed by atoms with Gasteiger partial charge in [0, 0.05) is 32.7 Å². The lowest BCUT2D eigenvalue weighted by Crippen LogP contribution is -2.36. The number of hydrogen-bond donors (Lipinski definition) is 2. The van der Waals surface area contributed by atoms with Gasteiger partial charge in [0.25, 0.3) is 0 Å². The molecule has 3 aromatic carbocycles. The van der Waals surface area contributed by atoms with Crippen molar-refractivity contribution in [1.82, 2.24) is 5.32 Å². The van der Waals surface area contributed by atoms with Crippen LogP contribution in [0.4, 0.5) is 0 Å². The molecule has 0 spiro atoms. The van der Waals surface area contributed by atoms with Crippen molar-refractivity contribution < 1.29 is 24.2 Å². The standard InChI is InChI=1S/C26H25Cl2NO5/c1-16(2)25(30)29-23(26(31)32)19-10-7-13-22(33-14-17-8-3-5-11-20(17)27)24(19)34-15-18-9-4-6-12-21(18)28/h3-13,16,23H,14-15H2,1-2H3,(H,29,30)(H,31,32). The van der Waals surface area contributed by atoms with Gasteiger partial charge in [0.1, 0.15) is 13.2 Å². The van der Waals surface area contributed by atoms with Crippen LogP contribution in [-0.4, -0.2) is 17.0 Å². The number of benzene rings is 3. The summed E-state index contributed by atoms with van der Waals surface area (Å²) in [5.41, 5.74) is 1.73. The SMILES string of the molecule is CC(C)C(=O)NC(C(=O)O)c1cccc(OCc2ccccc2Cl)c1OCc1ccccc1Cl. The third kappa shape index (κ3) is 6.43. The largest absolute Gasteiger partial charge is 0.485 e. The van der Waals surface area contributed by atoms with Gasteiger partial charge in [0.2, 0.25) is 5.91 Å². The van der Waals surface area contributed by atoms with Crippen LogP contribution >= 0.6 is 23.2 Å². The van der Waals surface area contributed by atoms with E-state index in [1.165, 1.54) is 0 Å². The second-order valence-electron chi connectivity index (χ2n) is 7.87. The van der Waals surface area contributed by atoms with Crippen molar-refractivity contribution in [2.24, 2.45) is 5.92 Å². The van der Waals surface area contributed by atoms with Gasteiger partial charge in [0.15, 0.2) is 17.5 Å². The van der Waals surface area contributed by atoms with E-state index in [0.717, 1.165) is 5.56 Å². The summed E-state index contributed by atoms with van der Waals surface area (Å²) in [7, 11) is 0. The average Bonchev–Trinajstić information content (AvgIpc) is 2.81. The highest BCUT2D eigenvalue weighted by Crippen LogP contribution is 2.37. The van der Waals surface area contributed by atoms with E-state index < -0.39 is 23.8 Å². The Hall–Kier alpha value is -3.22. The summed E-state index contributed by atoms with van der Waals surface area (Å²) in [5.74, 6) is -1.50. The molecule has 0 radical (unpaired) electrons. The fourth-order valence-corrected chi connectivity index (χ4v) is 3.53. The van der Waals surface area contributed by atoms with E-state index in [9.17, 15) is 14.7 Å². The van der Waals surface area contributed by atoms with E-state index in [4.69, 9.17) is 32.7 Å². The van der Waals surface area contributed by atoms with Crippen molar-refractivity contribution in [3.05, 3.63) is 93.5 Å². The van der Waals surface area contributed by atoms with Crippen LogP contribution < -0.4 is 14.8 Å². The second-order valence-corrected chi connectivity index (χ2v) is 8.68. The first-order valence-electron chi connectivity index (χ1n) is 10.7. The Morgan fingerprint density at radius 3 is 1.94 bits per heavy atom. The molecule has 6 nitrogen and oxygen atoms in total. The van der Waals surface area contributed by atoms with E-state index in [1.807, 2.05) is 30.3 Å². The van der Waals surface area contributed by atoms with Crippen molar-refractivity contribution >= 4 is 35.1 Å². The quantitative estimate of drug-likeness (QED) is 0.353. The normalized spacial score (nSPS) is 11.7. The molecule has 0 bridgehead atoms. The van der Waals surface area contributed by atoms with Crippen molar-refractivity contribution in [3.8, 4) is 11.5 Å². The monoisotopic (exact) mass is 501 g/mol. The first-order chi connectivity index (χ1) is 16.3. The van der Waals surface area contributed by atoms with Crippen LogP contribution in [0.15, 0.2) is 66.7 Å². The number of ether oxygens (including phenoxy) is 2. The summed E-state index contributed by atoms with van der Waals surface area (Å²) in [6.45, 7) is 3.59. The fraction of sp³-hybridized carbons (Fsp3) is 0.231. The lowest BCUT2D eigenvalue weighted by Gasteiger charge is -2.22. The highest BCUT2D eigenvalue weighted by atomic mass is 35.5. The maximum atomic E-state index is 12.3. The number of nitrogens with one attached hydrogen (secondary N) is 1. The molecule has 8 heteroatoms. The second kappa shape index (κ2) is 11.8. The van der Waals surface area contributed by atoms with Crippen molar-refractivity contribution in [1.29, 1.82) is 0 Å². The summed E-state index contributed by atoms with van der Waals surface area (Å²) in [5, 5.41) is 13.5. The third-order valence-corrected chi connectivity index (χ3v) is 5.79. The number of carbonyl (C=O) groups is 2. The van der Waals surface area contributed by atoms with Crippen LogP contribution in [0, 0.1) is 5.92 Å². The zero-order valence-electron chi connectivity index (χ0n) is 18.8. The molecular formula is C26H25Cl2NO5. The summed E-state index contributed by atoms with van der Waals surface area (Å²) in [6.07, 6.45) is 0. The Kier molecular flexibility index (Phi) is 8.79. The number of para-hydroxylation sites is 1. The topological polar surface area (TPSA) is 84.9 Å². The highest BCUT2D eigenvalue weighted by Gasteiger charge is 2.28. The summed E-state index contributed by atoms with van der Waals surface area (Å²) >= 11 is 12.5. The van der Waals surface area contributed by atoms with E-state index in [1.54, 1.807) is 50.2 Å². The number of hydrogen-bond acceptors (Lipinski definition) is 4. The molecule has 0 heterocycles. The Bertz CT molecular complexity index is 1170. The van der Waals surface area contributed by atoms with Crippen molar-refractivity contribution in [3.63, 3.8) is 0 Å². The summed E-state index contributed by atoms with van der Waals surface area (Å²) in [4.78, 5) is 24.4. The van der Waals surface area contributed by atoms with E-state index in [-0.39, 0.29) is 24.5 Å². The number of carboxylic acids is 1. The van der Waals surface area contributed by atoms with Crippen LogP contribution in [0.1, 0.15) is 36.6 Å². The molecule has 3 aromatic rings. The van der Waals surface area contributed by atoms with Crippen LogP contribution in [-0.2, 0) is 22.8 Å². The van der Waals surface area contributed by atoms with Crippen LogP contribution in [0.5, 0.6) is 11.5 Å². The van der Waals surface area contributed by atoms with Gasteiger partial charge >= 0.3 is 5.97 Å². The number of aliphatic carboxylic acids is 1. The zero-order chi connectivity index (χ0) is 24.7. The van der Waals surface area contributed by atoms with Crippen molar-refractivity contribution in [2.75, 3.05) is 0 Å². The summed E-state index contributed by atoms with van der Waals surface area (Å²) in [6, 6.07) is 18.0. The molecule has 0 fully saturated rings. The molecule has 0 aliphatic rings. The minimum absolute atomic E-state index is 0.0730. The van der Waals surface area contributed by atoms with Crippen LogP contribution in [0.25, 0.3) is 0 Å². The molecule has 1 unspecified atom stereocenters. The van der Waals surface area contributed by atoms with Gasteiger partial charge in [-0.1, -0.05) is 85.6 Å². The molecule has 3 rings (SSSR count). The fourth-order valence-electron chi connectivity index (χ4n) is 3.15. The minimum atomic E-state index is -1.33. The first-order valence-corrected chi connectivity index (χ1v) is 11.4. The Balaban J connectivity index is 1.98. The van der Waals surface area contributed by atoms with Gasteiger partial charge in [-0.25, -0.2) is 4.79 Å². The molecular weight excluding hydrogens is 477 g/mol. The molecule has 0 aliphatic carbocycles. The smallest absolute Gasteiger partial charge is 0.331 e. The highest BCUT2D eigenvalue weighted by molar-refractivity contribution is 6.31. The van der Waals surface area contributed by atoms with E-state index >= 15 is 0 Å². The molecule has 0 saturated carbocycles. The maximum Gasteiger partial charge on any atom is 0.331 e. The van der Waals surface area contributed by atoms with Gasteiger partial charge in [-0.15, -0.1) is 0 Å². The Morgan fingerprint density at radius 1 is 0.853 bits per heavy atom. The molecule has 0 aliphatic heterocycles. The molecule has 0 saturated heterocycles. The number of carbonyl (C=O) groups excluding carboxylic acids is 1. The minimum Gasteiger partial charge on any atom is -0.485 e. The third-order valence-electron chi connectivity index (χ3n) is 5.05. The maximum absolute atomic E-state index is 12.3. The van der Waals surface area contributed by atoms with Crippen molar-refractivity contribution in [2.45, 2.75) is 33.1 Å². The predicted molar refractivity (Wildman–Crippen MR) is 131 cm³/mol. The number of rotatable bonds is 10. The van der Waals surface area contributed by atoms with Gasteiger partial charge in [0.05, 0.1) is 0 Å². The number of halogens is 2. The Labute approximate surface area is 208 Å². The average molecular weight is 502 g/mol. The van der Waals surface area contributed by atoms with Gasteiger partial charge < -0.3 is 19.9 Å². The van der Waals surface area contributed by atoms with E-state index in [0.29, 0.717) is 21.4 Å². The lowest BCUT2D eigenvalue weighted by molar-refractivity contribution is -0.142. The molecule has 178 valence electrons. The van der Waals surface area contributed by atoms with Crippen LogP contribution in [0.3, 0.4) is 0 Å². The van der Waals surface area contributed by atoms with Gasteiger partial charge in [-0.2, -0.15) is 0 Å². The molecule has 1 amide bonds. The lowest BCUT2D eigenvalue weighted by atomic mass is 10.0. The number of carboxylic acid groups (broad SMARTS) is 1. The Morgan fingerprint density at radius 2 is 1.41 bits per heavy atom. The molecule has 1 atom stereocenters. The summed E-state index contributed by atoms with van der Waals surface area (Å²) < 4.78 is 12.1. The van der Waals surface area contributed by atoms with Gasteiger partial charge in [-0.3, -0.25) is 4.79 Å². The first kappa shape index (κ1) is 25.4. The zero-order valence-corrected chi connectivity index (χ0v) is 20.3. The van der Waals surface area contributed by atoms with E-state index in [2.05, 4.69) is 5.32 Å². The number of amides is 1. The van der Waals surface area contributed by atoms with Crippen LogP contribution in [0.2, 0.25) is 10.0 Å². The molecule has 2 N–H and O–H groups in total. The molecule has 34 heavy (non-hydrogen) atoms.